The SMILES string of the molecule is NCc1nc(-c2nc(CSC3CCCC3)no2)cs1. The maximum absolute atomic E-state index is 5.54. The first kappa shape index (κ1) is 13.1. The highest BCUT2D eigenvalue weighted by Crippen LogP contribution is 2.31. The number of rotatable bonds is 5. The highest BCUT2D eigenvalue weighted by molar-refractivity contribution is 7.99. The van der Waals surface area contributed by atoms with Crippen molar-refractivity contribution in [3.8, 4) is 11.6 Å². The van der Waals surface area contributed by atoms with E-state index >= 15 is 0 Å². The molecule has 5 nitrogen and oxygen atoms in total. The van der Waals surface area contributed by atoms with Crippen molar-refractivity contribution >= 4 is 23.1 Å². The number of thiazole rings is 1. The molecule has 1 saturated carbocycles. The third-order valence-corrected chi connectivity index (χ3v) is 5.40. The Bertz CT molecular complexity index is 533. The zero-order valence-corrected chi connectivity index (χ0v) is 12.2. The maximum Gasteiger partial charge on any atom is 0.277 e. The highest BCUT2D eigenvalue weighted by Gasteiger charge is 2.17. The molecule has 0 bridgehead atoms. The molecule has 0 aromatic carbocycles. The number of nitrogens with two attached hydrogens (primary N) is 1. The van der Waals surface area contributed by atoms with Crippen LogP contribution in [0, 0.1) is 0 Å². The molecule has 7 heteroatoms. The van der Waals surface area contributed by atoms with Crippen LogP contribution < -0.4 is 5.73 Å². The molecule has 1 aliphatic rings. The summed E-state index contributed by atoms with van der Waals surface area (Å²) in [5, 5.41) is 7.57. The second-order valence-corrected chi connectivity index (χ2v) is 6.80. The number of thioether (sulfide) groups is 1. The molecule has 0 radical (unpaired) electrons. The molecule has 0 aliphatic heterocycles. The summed E-state index contributed by atoms with van der Waals surface area (Å²) in [5.74, 6) is 2.08. The van der Waals surface area contributed by atoms with Gasteiger partial charge in [-0.1, -0.05) is 18.0 Å². The number of hydrogen-bond donors (Lipinski definition) is 1. The average molecular weight is 296 g/mol. The van der Waals surface area contributed by atoms with E-state index in [0.29, 0.717) is 12.4 Å². The third kappa shape index (κ3) is 3.16. The summed E-state index contributed by atoms with van der Waals surface area (Å²) in [5.41, 5.74) is 6.27. The summed E-state index contributed by atoms with van der Waals surface area (Å²) < 4.78 is 5.25. The van der Waals surface area contributed by atoms with E-state index in [-0.39, 0.29) is 0 Å². The predicted octanol–water partition coefficient (Wildman–Crippen LogP) is 2.83. The Kier molecular flexibility index (Phi) is 4.15. The quantitative estimate of drug-likeness (QED) is 0.914. The van der Waals surface area contributed by atoms with Crippen molar-refractivity contribution in [1.82, 2.24) is 15.1 Å². The Balaban J connectivity index is 1.62. The van der Waals surface area contributed by atoms with Gasteiger partial charge in [0.05, 0.1) is 5.75 Å². The standard InChI is InChI=1S/C12H16N4OS2/c13-5-11-14-9(6-19-11)12-15-10(16-17-12)7-18-8-3-1-2-4-8/h6,8H,1-5,7,13H2. The minimum Gasteiger partial charge on any atom is -0.332 e. The van der Waals surface area contributed by atoms with Crippen molar-refractivity contribution in [1.29, 1.82) is 0 Å². The molecule has 102 valence electrons. The third-order valence-electron chi connectivity index (χ3n) is 3.16. The second-order valence-electron chi connectivity index (χ2n) is 4.56. The van der Waals surface area contributed by atoms with E-state index in [1.54, 1.807) is 0 Å². The molecular weight excluding hydrogens is 280 g/mol. The molecule has 2 aromatic heterocycles. The van der Waals surface area contributed by atoms with Crippen molar-refractivity contribution in [2.45, 2.75) is 43.2 Å². The zero-order valence-electron chi connectivity index (χ0n) is 10.5. The zero-order chi connectivity index (χ0) is 13.1. The van der Waals surface area contributed by atoms with Gasteiger partial charge < -0.3 is 10.3 Å². The van der Waals surface area contributed by atoms with Crippen LogP contribution in [0.3, 0.4) is 0 Å². The van der Waals surface area contributed by atoms with Crippen molar-refractivity contribution in [2.24, 2.45) is 5.73 Å². The van der Waals surface area contributed by atoms with E-state index < -0.39 is 0 Å². The van der Waals surface area contributed by atoms with Gasteiger partial charge in [0.25, 0.3) is 5.89 Å². The van der Waals surface area contributed by atoms with Gasteiger partial charge in [0, 0.05) is 17.2 Å². The van der Waals surface area contributed by atoms with Gasteiger partial charge >= 0.3 is 0 Å². The number of hydrogen-bond acceptors (Lipinski definition) is 7. The van der Waals surface area contributed by atoms with Gasteiger partial charge in [-0.2, -0.15) is 16.7 Å². The minimum absolute atomic E-state index is 0.448. The smallest absolute Gasteiger partial charge is 0.277 e. The Morgan fingerprint density at radius 1 is 1.37 bits per heavy atom. The van der Waals surface area contributed by atoms with Crippen molar-refractivity contribution in [2.75, 3.05) is 0 Å². The van der Waals surface area contributed by atoms with Crippen LogP contribution >= 0.6 is 23.1 Å². The molecule has 19 heavy (non-hydrogen) atoms. The Morgan fingerprint density at radius 2 is 2.21 bits per heavy atom. The van der Waals surface area contributed by atoms with E-state index in [1.165, 1.54) is 37.0 Å². The summed E-state index contributed by atoms with van der Waals surface area (Å²) in [4.78, 5) is 8.73. The lowest BCUT2D eigenvalue weighted by molar-refractivity contribution is 0.424. The van der Waals surface area contributed by atoms with Crippen LogP contribution in [-0.2, 0) is 12.3 Å². The predicted molar refractivity (Wildman–Crippen MR) is 76.8 cm³/mol. The largest absolute Gasteiger partial charge is 0.332 e. The van der Waals surface area contributed by atoms with Gasteiger partial charge in [-0.25, -0.2) is 4.98 Å². The Labute approximate surface area is 120 Å². The summed E-state index contributed by atoms with van der Waals surface area (Å²) in [6, 6.07) is 0. The van der Waals surface area contributed by atoms with Gasteiger partial charge in [0.2, 0.25) is 0 Å². The Morgan fingerprint density at radius 3 is 2.95 bits per heavy atom. The van der Waals surface area contributed by atoms with Crippen LogP contribution in [0.25, 0.3) is 11.6 Å². The fourth-order valence-corrected chi connectivity index (χ4v) is 3.98. The van der Waals surface area contributed by atoms with Crippen LogP contribution in [0.2, 0.25) is 0 Å². The number of nitrogens with zero attached hydrogens (tertiary/aromatic N) is 3. The van der Waals surface area contributed by atoms with E-state index in [1.807, 2.05) is 17.1 Å². The van der Waals surface area contributed by atoms with Crippen molar-refractivity contribution < 1.29 is 4.52 Å². The molecule has 1 aliphatic carbocycles. The Hall–Kier alpha value is -0.920. The van der Waals surface area contributed by atoms with E-state index in [9.17, 15) is 0 Å². The van der Waals surface area contributed by atoms with E-state index in [0.717, 1.165) is 27.5 Å². The normalized spacial score (nSPS) is 16.3. The monoisotopic (exact) mass is 296 g/mol. The van der Waals surface area contributed by atoms with Crippen LogP contribution in [-0.4, -0.2) is 20.4 Å². The fourth-order valence-electron chi connectivity index (χ4n) is 2.17. The fraction of sp³-hybridized carbons (Fsp3) is 0.583. The maximum atomic E-state index is 5.54. The molecule has 2 heterocycles. The second kappa shape index (κ2) is 6.02. The van der Waals surface area contributed by atoms with Crippen LogP contribution in [0.5, 0.6) is 0 Å². The molecule has 0 saturated heterocycles. The highest BCUT2D eigenvalue weighted by atomic mass is 32.2. The van der Waals surface area contributed by atoms with Gasteiger partial charge in [-0.15, -0.1) is 11.3 Å². The number of aromatic nitrogens is 3. The topological polar surface area (TPSA) is 77.8 Å². The lowest BCUT2D eigenvalue weighted by Gasteiger charge is -2.04. The first-order chi connectivity index (χ1) is 9.35. The first-order valence-electron chi connectivity index (χ1n) is 6.44. The molecule has 0 atom stereocenters. The summed E-state index contributed by atoms with van der Waals surface area (Å²) >= 11 is 3.45. The molecule has 0 unspecified atom stereocenters. The van der Waals surface area contributed by atoms with Gasteiger partial charge in [0.15, 0.2) is 5.82 Å². The molecule has 2 N–H and O–H groups in total. The van der Waals surface area contributed by atoms with E-state index in [4.69, 9.17) is 10.3 Å². The van der Waals surface area contributed by atoms with E-state index in [2.05, 4.69) is 15.1 Å². The molecule has 3 rings (SSSR count). The molecule has 1 fully saturated rings. The average Bonchev–Trinajstić information content (AvgIpc) is 3.16. The molecular formula is C12H16N4OS2. The van der Waals surface area contributed by atoms with Crippen LogP contribution in [0.1, 0.15) is 36.5 Å². The minimum atomic E-state index is 0.448. The lowest BCUT2D eigenvalue weighted by Crippen LogP contribution is -1.96. The van der Waals surface area contributed by atoms with Gasteiger partial charge in [-0.3, -0.25) is 0 Å². The summed E-state index contributed by atoms with van der Waals surface area (Å²) in [6.45, 7) is 0.448. The van der Waals surface area contributed by atoms with Crippen LogP contribution in [0.15, 0.2) is 9.90 Å². The molecule has 0 amide bonds. The molecule has 2 aromatic rings. The summed E-state index contributed by atoms with van der Waals surface area (Å²) in [6.07, 6.45) is 5.36. The van der Waals surface area contributed by atoms with Crippen molar-refractivity contribution in [3.63, 3.8) is 0 Å². The van der Waals surface area contributed by atoms with Crippen LogP contribution in [0.4, 0.5) is 0 Å². The van der Waals surface area contributed by atoms with Crippen molar-refractivity contribution in [3.05, 3.63) is 16.2 Å². The molecule has 0 spiro atoms. The summed E-state index contributed by atoms with van der Waals surface area (Å²) in [7, 11) is 0. The first-order valence-corrected chi connectivity index (χ1v) is 8.37. The lowest BCUT2D eigenvalue weighted by atomic mass is 10.4. The van der Waals surface area contributed by atoms with Gasteiger partial charge in [-0.05, 0) is 12.8 Å². The van der Waals surface area contributed by atoms with Gasteiger partial charge in [0.1, 0.15) is 10.7 Å².